The van der Waals surface area contributed by atoms with Crippen molar-refractivity contribution in [3.05, 3.63) is 21.5 Å². The molecule has 18 heavy (non-hydrogen) atoms. The third-order valence-electron chi connectivity index (χ3n) is 3.46. The number of rotatable bonds is 0. The van der Waals surface area contributed by atoms with Crippen LogP contribution in [0.25, 0.3) is 0 Å². The number of fused-ring (bicyclic) bond motifs is 1. The molecule has 2 heterocycles. The molecule has 2 aliphatic rings. The minimum absolute atomic E-state index is 0.0549. The summed E-state index contributed by atoms with van der Waals surface area (Å²) in [7, 11) is 0. The average Bonchev–Trinajstić information content (AvgIpc) is 2.35. The normalized spacial score (nSPS) is 21.1. The highest BCUT2D eigenvalue weighted by atomic mass is 127. The smallest absolute Gasteiger partial charge is 0.250 e. The van der Waals surface area contributed by atoms with E-state index in [0.29, 0.717) is 41.0 Å². The number of carbonyl (C=O) groups is 1. The van der Waals surface area contributed by atoms with Crippen LogP contribution in [-0.4, -0.2) is 24.7 Å². The summed E-state index contributed by atoms with van der Waals surface area (Å²) in [5.74, 6) is -0.332. The first-order valence-electron chi connectivity index (χ1n) is 5.77. The third kappa shape index (κ3) is 1.87. The van der Waals surface area contributed by atoms with Crippen molar-refractivity contribution in [3.8, 4) is 0 Å². The molecule has 0 aliphatic carbocycles. The van der Waals surface area contributed by atoms with Gasteiger partial charge in [-0.25, -0.2) is 4.39 Å². The highest BCUT2D eigenvalue weighted by molar-refractivity contribution is 14.1. The Morgan fingerprint density at radius 1 is 1.28 bits per heavy atom. The average molecular weight is 362 g/mol. The Kier molecular flexibility index (Phi) is 2.93. The van der Waals surface area contributed by atoms with Gasteiger partial charge in [0.1, 0.15) is 11.4 Å². The number of halogens is 2. The van der Waals surface area contributed by atoms with Crippen LogP contribution in [0.5, 0.6) is 0 Å². The molecule has 4 nitrogen and oxygen atoms in total. The molecule has 0 radical (unpaired) electrons. The van der Waals surface area contributed by atoms with Crippen LogP contribution < -0.4 is 10.6 Å². The van der Waals surface area contributed by atoms with Crippen LogP contribution in [0.4, 0.5) is 15.8 Å². The number of ether oxygens (including phenoxy) is 1. The summed E-state index contributed by atoms with van der Waals surface area (Å²) < 4.78 is 19.4. The predicted molar refractivity (Wildman–Crippen MR) is 74.2 cm³/mol. The first-order valence-corrected chi connectivity index (χ1v) is 6.85. The third-order valence-corrected chi connectivity index (χ3v) is 4.29. The summed E-state index contributed by atoms with van der Waals surface area (Å²) in [6, 6.07) is 3.08. The van der Waals surface area contributed by atoms with Crippen molar-refractivity contribution in [3.63, 3.8) is 0 Å². The maximum Gasteiger partial charge on any atom is 0.250 e. The van der Waals surface area contributed by atoms with Crippen LogP contribution in [-0.2, 0) is 9.53 Å². The molecule has 1 aromatic carbocycles. The van der Waals surface area contributed by atoms with E-state index >= 15 is 0 Å². The fraction of sp³-hybridized carbons (Fsp3) is 0.417. The minimum Gasteiger partial charge on any atom is -0.381 e. The van der Waals surface area contributed by atoms with Gasteiger partial charge in [-0.3, -0.25) is 4.79 Å². The van der Waals surface area contributed by atoms with Crippen LogP contribution in [0, 0.1) is 9.39 Å². The van der Waals surface area contributed by atoms with Gasteiger partial charge in [0.25, 0.3) is 0 Å². The van der Waals surface area contributed by atoms with E-state index in [1.165, 1.54) is 6.07 Å². The van der Waals surface area contributed by atoms with E-state index in [4.69, 9.17) is 4.74 Å². The zero-order valence-corrected chi connectivity index (χ0v) is 11.7. The lowest BCUT2D eigenvalue weighted by molar-refractivity contribution is -0.123. The first kappa shape index (κ1) is 12.2. The van der Waals surface area contributed by atoms with E-state index in [1.54, 1.807) is 6.07 Å². The summed E-state index contributed by atoms with van der Waals surface area (Å²) in [5, 5.41) is 6.05. The quantitative estimate of drug-likeness (QED) is 0.697. The molecule has 1 amide bonds. The molecule has 1 aromatic rings. The van der Waals surface area contributed by atoms with Gasteiger partial charge in [-0.05, 0) is 28.7 Å². The van der Waals surface area contributed by atoms with E-state index in [2.05, 4.69) is 10.6 Å². The number of amides is 1. The summed E-state index contributed by atoms with van der Waals surface area (Å²) in [4.78, 5) is 12.2. The van der Waals surface area contributed by atoms with Crippen molar-refractivity contribution in [2.45, 2.75) is 18.4 Å². The molecule has 1 spiro atoms. The number of hydrogen-bond donors (Lipinski definition) is 2. The van der Waals surface area contributed by atoms with E-state index in [1.807, 2.05) is 22.6 Å². The monoisotopic (exact) mass is 362 g/mol. The van der Waals surface area contributed by atoms with Gasteiger partial charge < -0.3 is 15.4 Å². The molecular weight excluding hydrogens is 350 g/mol. The van der Waals surface area contributed by atoms with Crippen LogP contribution in [0.3, 0.4) is 0 Å². The predicted octanol–water partition coefficient (Wildman–Crippen LogP) is 2.34. The van der Waals surface area contributed by atoms with Crippen molar-refractivity contribution in [1.29, 1.82) is 0 Å². The van der Waals surface area contributed by atoms with Crippen molar-refractivity contribution < 1.29 is 13.9 Å². The fourth-order valence-corrected chi connectivity index (χ4v) is 2.85. The highest BCUT2D eigenvalue weighted by Crippen LogP contribution is 2.37. The van der Waals surface area contributed by atoms with Gasteiger partial charge in [0.2, 0.25) is 5.91 Å². The zero-order valence-electron chi connectivity index (χ0n) is 9.56. The largest absolute Gasteiger partial charge is 0.381 e. The Morgan fingerprint density at radius 3 is 2.72 bits per heavy atom. The van der Waals surface area contributed by atoms with Gasteiger partial charge in [0, 0.05) is 32.1 Å². The van der Waals surface area contributed by atoms with Crippen molar-refractivity contribution in [2.24, 2.45) is 0 Å². The first-order chi connectivity index (χ1) is 8.61. The van der Waals surface area contributed by atoms with Gasteiger partial charge in [0.15, 0.2) is 0 Å². The summed E-state index contributed by atoms with van der Waals surface area (Å²) in [5.41, 5.74) is 0.641. The van der Waals surface area contributed by atoms with Crippen LogP contribution >= 0.6 is 22.6 Å². The van der Waals surface area contributed by atoms with Gasteiger partial charge in [-0.15, -0.1) is 0 Å². The van der Waals surface area contributed by atoms with Crippen molar-refractivity contribution in [2.75, 3.05) is 23.8 Å². The van der Waals surface area contributed by atoms with Crippen LogP contribution in [0.1, 0.15) is 12.8 Å². The number of anilines is 2. The molecule has 0 saturated carbocycles. The van der Waals surface area contributed by atoms with E-state index < -0.39 is 5.54 Å². The molecule has 96 valence electrons. The standard InChI is InChI=1S/C12H12FIN2O2/c13-7-5-10-9(6-8(7)14)15-11(17)12(16-10)1-3-18-4-2-12/h5-6,16H,1-4H2,(H,15,17). The molecule has 0 unspecified atom stereocenters. The van der Waals surface area contributed by atoms with Gasteiger partial charge >= 0.3 is 0 Å². The lowest BCUT2D eigenvalue weighted by Crippen LogP contribution is -2.55. The Bertz CT molecular complexity index is 515. The number of benzene rings is 1. The van der Waals surface area contributed by atoms with Crippen molar-refractivity contribution in [1.82, 2.24) is 0 Å². The van der Waals surface area contributed by atoms with Gasteiger partial charge in [-0.1, -0.05) is 0 Å². The second kappa shape index (κ2) is 4.34. The van der Waals surface area contributed by atoms with Crippen LogP contribution in [0.2, 0.25) is 0 Å². The molecular formula is C12H12FIN2O2. The Balaban J connectivity index is 2.00. The highest BCUT2D eigenvalue weighted by Gasteiger charge is 2.43. The molecule has 0 aromatic heterocycles. The topological polar surface area (TPSA) is 50.4 Å². The van der Waals surface area contributed by atoms with Gasteiger partial charge in [0.05, 0.1) is 14.9 Å². The van der Waals surface area contributed by atoms with E-state index in [9.17, 15) is 9.18 Å². The maximum absolute atomic E-state index is 13.6. The van der Waals surface area contributed by atoms with Gasteiger partial charge in [-0.2, -0.15) is 0 Å². The number of hydrogen-bond acceptors (Lipinski definition) is 3. The van der Waals surface area contributed by atoms with Crippen molar-refractivity contribution >= 4 is 39.9 Å². The Hall–Kier alpha value is -0.890. The fourth-order valence-electron chi connectivity index (χ4n) is 2.38. The van der Waals surface area contributed by atoms with Crippen LogP contribution in [0.15, 0.2) is 12.1 Å². The second-order valence-electron chi connectivity index (χ2n) is 4.59. The molecule has 3 rings (SSSR count). The Morgan fingerprint density at radius 2 is 2.00 bits per heavy atom. The van der Waals surface area contributed by atoms with E-state index in [-0.39, 0.29) is 11.7 Å². The lowest BCUT2D eigenvalue weighted by atomic mass is 9.86. The Labute approximate surface area is 117 Å². The molecule has 2 N–H and O–H groups in total. The molecule has 1 saturated heterocycles. The summed E-state index contributed by atoms with van der Waals surface area (Å²) in [6.07, 6.45) is 1.21. The van der Waals surface area contributed by atoms with E-state index in [0.717, 1.165) is 0 Å². The number of carbonyl (C=O) groups excluding carboxylic acids is 1. The SMILES string of the molecule is O=C1Nc2cc(I)c(F)cc2NC12CCOCC2. The lowest BCUT2D eigenvalue weighted by Gasteiger charge is -2.41. The maximum atomic E-state index is 13.6. The zero-order chi connectivity index (χ0) is 12.8. The molecule has 1 fully saturated rings. The summed E-state index contributed by atoms with van der Waals surface area (Å²) in [6.45, 7) is 1.09. The minimum atomic E-state index is -0.648. The molecule has 0 atom stereocenters. The molecule has 6 heteroatoms. The second-order valence-corrected chi connectivity index (χ2v) is 5.75. The molecule has 2 aliphatic heterocycles. The number of nitrogens with one attached hydrogen (secondary N) is 2. The molecule has 0 bridgehead atoms. The summed E-state index contributed by atoms with van der Waals surface area (Å²) >= 11 is 1.91.